The third-order valence-electron chi connectivity index (χ3n) is 2.38. The summed E-state index contributed by atoms with van der Waals surface area (Å²) in [5.41, 5.74) is 0. The van der Waals surface area contributed by atoms with E-state index < -0.39 is 0 Å². The topological polar surface area (TPSA) is 21.3 Å². The van der Waals surface area contributed by atoms with Gasteiger partial charge >= 0.3 is 0 Å². The van der Waals surface area contributed by atoms with Gasteiger partial charge in [-0.3, -0.25) is 0 Å². The highest BCUT2D eigenvalue weighted by Gasteiger charge is 2.01. The van der Waals surface area contributed by atoms with Crippen LogP contribution in [-0.4, -0.2) is 26.3 Å². The number of unbranched alkanes of at least 4 members (excludes halogenated alkanes) is 1. The van der Waals surface area contributed by atoms with Gasteiger partial charge in [-0.2, -0.15) is 0 Å². The number of nitrogens with one attached hydrogen (secondary N) is 1. The van der Waals surface area contributed by atoms with E-state index in [0.29, 0.717) is 6.04 Å². The smallest absolute Gasteiger partial charge is 0.0466 e. The molecule has 1 N–H and O–H groups in total. The van der Waals surface area contributed by atoms with Gasteiger partial charge < -0.3 is 10.1 Å². The second-order valence-electron chi connectivity index (χ2n) is 3.50. The summed E-state index contributed by atoms with van der Waals surface area (Å²) in [5, 5.41) is 3.30. The van der Waals surface area contributed by atoms with Crippen LogP contribution in [0, 0.1) is 0 Å². The summed E-state index contributed by atoms with van der Waals surface area (Å²) in [4.78, 5) is 0. The zero-order chi connectivity index (χ0) is 9.94. The van der Waals surface area contributed by atoms with Crippen molar-refractivity contribution in [3.63, 3.8) is 0 Å². The first-order valence-corrected chi connectivity index (χ1v) is 5.60. The van der Waals surface area contributed by atoms with E-state index >= 15 is 0 Å². The van der Waals surface area contributed by atoms with Crippen molar-refractivity contribution in [2.75, 3.05) is 20.3 Å². The van der Waals surface area contributed by atoms with Crippen LogP contribution in [0.15, 0.2) is 0 Å². The van der Waals surface area contributed by atoms with E-state index in [1.165, 1.54) is 32.1 Å². The first-order chi connectivity index (χ1) is 6.35. The quantitative estimate of drug-likeness (QED) is 0.560. The number of rotatable bonds is 9. The van der Waals surface area contributed by atoms with E-state index in [9.17, 15) is 0 Å². The molecule has 0 bridgehead atoms. The summed E-state index contributed by atoms with van der Waals surface area (Å²) < 4.78 is 5.49. The SMILES string of the molecule is CCCCOCCCC(CC)NC. The maximum absolute atomic E-state index is 5.49. The van der Waals surface area contributed by atoms with Crippen molar-refractivity contribution in [1.29, 1.82) is 0 Å². The number of hydrogen-bond acceptors (Lipinski definition) is 2. The molecule has 0 amide bonds. The fourth-order valence-corrected chi connectivity index (χ4v) is 1.33. The molecule has 0 aromatic carbocycles. The van der Waals surface area contributed by atoms with Crippen LogP contribution in [0.5, 0.6) is 0 Å². The van der Waals surface area contributed by atoms with Crippen molar-refractivity contribution < 1.29 is 4.74 Å². The van der Waals surface area contributed by atoms with Gasteiger partial charge in [-0.25, -0.2) is 0 Å². The van der Waals surface area contributed by atoms with E-state index in [4.69, 9.17) is 4.74 Å². The molecule has 13 heavy (non-hydrogen) atoms. The lowest BCUT2D eigenvalue weighted by Gasteiger charge is -2.13. The lowest BCUT2D eigenvalue weighted by molar-refractivity contribution is 0.125. The molecule has 1 unspecified atom stereocenters. The minimum absolute atomic E-state index is 0.676. The van der Waals surface area contributed by atoms with E-state index in [2.05, 4.69) is 19.2 Å². The van der Waals surface area contributed by atoms with Gasteiger partial charge in [-0.05, 0) is 32.7 Å². The molecule has 0 heterocycles. The highest BCUT2D eigenvalue weighted by molar-refractivity contribution is 4.60. The molecule has 80 valence electrons. The predicted molar refractivity (Wildman–Crippen MR) is 58.1 cm³/mol. The summed E-state index contributed by atoms with van der Waals surface area (Å²) >= 11 is 0. The molecule has 1 atom stereocenters. The van der Waals surface area contributed by atoms with Crippen LogP contribution in [0.25, 0.3) is 0 Å². The maximum Gasteiger partial charge on any atom is 0.0466 e. The van der Waals surface area contributed by atoms with Crippen LogP contribution in [-0.2, 0) is 4.74 Å². The average Bonchev–Trinajstić information content (AvgIpc) is 2.17. The molecule has 0 aromatic heterocycles. The molecule has 0 aromatic rings. The lowest BCUT2D eigenvalue weighted by atomic mass is 10.1. The van der Waals surface area contributed by atoms with Gasteiger partial charge in [0.15, 0.2) is 0 Å². The molecule has 2 heteroatoms. The number of hydrogen-bond donors (Lipinski definition) is 1. The van der Waals surface area contributed by atoms with Crippen LogP contribution >= 0.6 is 0 Å². The van der Waals surface area contributed by atoms with Gasteiger partial charge in [-0.15, -0.1) is 0 Å². The Morgan fingerprint density at radius 2 is 1.85 bits per heavy atom. The minimum Gasteiger partial charge on any atom is -0.381 e. The van der Waals surface area contributed by atoms with Gasteiger partial charge in [0.2, 0.25) is 0 Å². The molecule has 0 aliphatic carbocycles. The molecule has 0 fully saturated rings. The van der Waals surface area contributed by atoms with Crippen molar-refractivity contribution in [1.82, 2.24) is 5.32 Å². The molecule has 2 nitrogen and oxygen atoms in total. The molecule has 0 saturated carbocycles. The molecule has 0 spiro atoms. The summed E-state index contributed by atoms with van der Waals surface area (Å²) in [6, 6.07) is 0.676. The Hall–Kier alpha value is -0.0800. The second-order valence-corrected chi connectivity index (χ2v) is 3.50. The summed E-state index contributed by atoms with van der Waals surface area (Å²) in [6.45, 7) is 6.28. The van der Waals surface area contributed by atoms with E-state index in [-0.39, 0.29) is 0 Å². The van der Waals surface area contributed by atoms with Gasteiger partial charge in [-0.1, -0.05) is 20.3 Å². The Morgan fingerprint density at radius 1 is 1.15 bits per heavy atom. The average molecular weight is 187 g/mol. The molecule has 0 radical (unpaired) electrons. The Morgan fingerprint density at radius 3 is 2.38 bits per heavy atom. The van der Waals surface area contributed by atoms with Crippen molar-refractivity contribution in [3.05, 3.63) is 0 Å². The minimum atomic E-state index is 0.676. The fourth-order valence-electron chi connectivity index (χ4n) is 1.33. The fraction of sp³-hybridized carbons (Fsp3) is 1.00. The second kappa shape index (κ2) is 10.0. The largest absolute Gasteiger partial charge is 0.381 e. The van der Waals surface area contributed by atoms with Gasteiger partial charge in [0.1, 0.15) is 0 Å². The predicted octanol–water partition coefficient (Wildman–Crippen LogP) is 2.58. The summed E-state index contributed by atoms with van der Waals surface area (Å²) in [5.74, 6) is 0. The van der Waals surface area contributed by atoms with Gasteiger partial charge in [0, 0.05) is 19.3 Å². The van der Waals surface area contributed by atoms with Gasteiger partial charge in [0.25, 0.3) is 0 Å². The normalized spacial score (nSPS) is 13.2. The van der Waals surface area contributed by atoms with Crippen LogP contribution in [0.1, 0.15) is 46.0 Å². The van der Waals surface area contributed by atoms with Crippen molar-refractivity contribution in [2.24, 2.45) is 0 Å². The zero-order valence-electron chi connectivity index (χ0n) is 9.44. The van der Waals surface area contributed by atoms with Gasteiger partial charge in [0.05, 0.1) is 0 Å². The van der Waals surface area contributed by atoms with E-state index in [0.717, 1.165) is 13.2 Å². The van der Waals surface area contributed by atoms with Crippen molar-refractivity contribution in [2.45, 2.75) is 52.0 Å². The third-order valence-corrected chi connectivity index (χ3v) is 2.38. The lowest BCUT2D eigenvalue weighted by Crippen LogP contribution is -2.24. The first kappa shape index (κ1) is 12.9. The Labute approximate surface area is 83.1 Å². The highest BCUT2D eigenvalue weighted by atomic mass is 16.5. The standard InChI is InChI=1S/C11H25NO/c1-4-6-9-13-10-7-8-11(5-2)12-3/h11-12H,4-10H2,1-3H3. The Balaban J connectivity index is 3.05. The monoisotopic (exact) mass is 187 g/mol. The number of ether oxygens (including phenoxy) is 1. The highest BCUT2D eigenvalue weighted by Crippen LogP contribution is 2.01. The molecule has 0 aliphatic rings. The molecular formula is C11H25NO. The van der Waals surface area contributed by atoms with Crippen LogP contribution in [0.3, 0.4) is 0 Å². The molecule has 0 rings (SSSR count). The zero-order valence-corrected chi connectivity index (χ0v) is 9.44. The third kappa shape index (κ3) is 8.26. The van der Waals surface area contributed by atoms with E-state index in [1.807, 2.05) is 7.05 Å². The van der Waals surface area contributed by atoms with Crippen molar-refractivity contribution >= 4 is 0 Å². The maximum atomic E-state index is 5.49. The molecular weight excluding hydrogens is 162 g/mol. The Bertz CT molecular complexity index is 92.1. The summed E-state index contributed by atoms with van der Waals surface area (Å²) in [7, 11) is 2.03. The molecule has 0 aliphatic heterocycles. The molecule has 0 saturated heterocycles. The van der Waals surface area contributed by atoms with Crippen molar-refractivity contribution in [3.8, 4) is 0 Å². The summed E-state index contributed by atoms with van der Waals surface area (Å²) in [6.07, 6.45) is 6.06. The van der Waals surface area contributed by atoms with Crippen LogP contribution in [0.2, 0.25) is 0 Å². The van der Waals surface area contributed by atoms with Crippen LogP contribution in [0.4, 0.5) is 0 Å². The van der Waals surface area contributed by atoms with Crippen LogP contribution < -0.4 is 5.32 Å². The first-order valence-electron chi connectivity index (χ1n) is 5.60. The Kier molecular flexibility index (Phi) is 9.94. The van der Waals surface area contributed by atoms with E-state index in [1.54, 1.807) is 0 Å².